The van der Waals surface area contributed by atoms with Gasteiger partial charge in [-0.15, -0.1) is 0 Å². The lowest BCUT2D eigenvalue weighted by molar-refractivity contribution is -0.385. The monoisotopic (exact) mass is 348 g/mol. The molecule has 10 nitrogen and oxygen atoms in total. The van der Waals surface area contributed by atoms with Crippen LogP contribution in [0.3, 0.4) is 0 Å². The van der Waals surface area contributed by atoms with Gasteiger partial charge in [-0.1, -0.05) is 18.2 Å². The lowest BCUT2D eigenvalue weighted by atomic mass is 9.79. The van der Waals surface area contributed by atoms with Gasteiger partial charge in [0.05, 0.1) is 22.0 Å². The quantitative estimate of drug-likeness (QED) is 0.345. The third-order valence-electron chi connectivity index (χ3n) is 3.84. The first-order chi connectivity index (χ1) is 11.8. The first-order valence-corrected chi connectivity index (χ1v) is 7.16. The third kappa shape index (κ3) is 3.20. The van der Waals surface area contributed by atoms with Crippen molar-refractivity contribution in [3.8, 4) is 0 Å². The van der Waals surface area contributed by atoms with Crippen LogP contribution >= 0.6 is 0 Å². The Morgan fingerprint density at radius 2 is 1.56 bits per heavy atom. The maximum atomic E-state index is 11.8. The smallest absolute Gasteiger partial charge is 0.334 e. The number of rotatable bonds is 6. The van der Waals surface area contributed by atoms with E-state index in [0.717, 1.165) is 0 Å². The Labute approximate surface area is 141 Å². The van der Waals surface area contributed by atoms with Crippen molar-refractivity contribution in [1.29, 1.82) is 0 Å². The van der Waals surface area contributed by atoms with Gasteiger partial charge >= 0.3 is 11.9 Å². The fourth-order valence-corrected chi connectivity index (χ4v) is 2.85. The van der Waals surface area contributed by atoms with E-state index in [2.05, 4.69) is 5.32 Å². The van der Waals surface area contributed by atoms with Crippen LogP contribution in [0.1, 0.15) is 11.5 Å². The number of aliphatic carboxylic acids is 2. The number of benzene rings is 1. The van der Waals surface area contributed by atoms with Crippen molar-refractivity contribution < 1.29 is 24.7 Å². The Balaban J connectivity index is 2.86. The van der Waals surface area contributed by atoms with Gasteiger partial charge in [-0.05, 0) is 0 Å². The highest BCUT2D eigenvalue weighted by Gasteiger charge is 2.40. The topological polar surface area (TPSA) is 182 Å². The molecule has 0 unspecified atom stereocenters. The van der Waals surface area contributed by atoms with Crippen LogP contribution in [0.2, 0.25) is 0 Å². The fraction of sp³-hybridized carbons (Fsp3) is 0.200. The molecule has 132 valence electrons. The molecule has 1 heterocycles. The van der Waals surface area contributed by atoms with E-state index >= 15 is 0 Å². The molecule has 0 radical (unpaired) electrons. The van der Waals surface area contributed by atoms with Crippen molar-refractivity contribution in [3.63, 3.8) is 0 Å². The second-order valence-corrected chi connectivity index (χ2v) is 5.18. The number of nitrogens with zero attached hydrogens (tertiary/aromatic N) is 1. The molecule has 1 aliphatic heterocycles. The number of para-hydroxylation sites is 1. The molecule has 25 heavy (non-hydrogen) atoms. The van der Waals surface area contributed by atoms with Gasteiger partial charge < -0.3 is 27.0 Å². The molecule has 1 aromatic carbocycles. The zero-order chi connectivity index (χ0) is 18.7. The van der Waals surface area contributed by atoms with Crippen LogP contribution in [0.5, 0.6) is 0 Å². The molecule has 0 bridgehead atoms. The van der Waals surface area contributed by atoms with E-state index in [1.54, 1.807) is 0 Å². The Morgan fingerprint density at radius 3 is 1.96 bits per heavy atom. The van der Waals surface area contributed by atoms with Gasteiger partial charge in [0.15, 0.2) is 0 Å². The minimum Gasteiger partial charge on any atom is -0.478 e. The van der Waals surface area contributed by atoms with Crippen LogP contribution in [0.25, 0.3) is 0 Å². The molecule has 10 heteroatoms. The van der Waals surface area contributed by atoms with Crippen LogP contribution < -0.4 is 16.8 Å². The minimum atomic E-state index is -1.43. The summed E-state index contributed by atoms with van der Waals surface area (Å²) < 4.78 is 0. The molecule has 1 aromatic rings. The van der Waals surface area contributed by atoms with E-state index in [1.165, 1.54) is 24.3 Å². The summed E-state index contributed by atoms with van der Waals surface area (Å²) in [4.78, 5) is 34.2. The van der Waals surface area contributed by atoms with E-state index in [9.17, 15) is 29.9 Å². The number of carboxylic acid groups (broad SMARTS) is 2. The summed E-state index contributed by atoms with van der Waals surface area (Å²) in [6.07, 6.45) is 0. The highest BCUT2D eigenvalue weighted by molar-refractivity contribution is 5.99. The highest BCUT2D eigenvalue weighted by Crippen LogP contribution is 2.41. The highest BCUT2D eigenvalue weighted by atomic mass is 16.6. The number of hydrogen-bond acceptors (Lipinski definition) is 7. The molecular weight excluding hydrogens is 332 g/mol. The Bertz CT molecular complexity index is 776. The normalized spacial score (nSPS) is 15.1. The Kier molecular flexibility index (Phi) is 5.15. The number of dihydropyridines is 1. The average Bonchev–Trinajstić information content (AvgIpc) is 2.59. The first-order valence-electron chi connectivity index (χ1n) is 7.16. The van der Waals surface area contributed by atoms with E-state index in [4.69, 9.17) is 11.5 Å². The summed E-state index contributed by atoms with van der Waals surface area (Å²) in [5.41, 5.74) is 10.1. The summed E-state index contributed by atoms with van der Waals surface area (Å²) in [5.74, 6) is -4.23. The Morgan fingerprint density at radius 1 is 1.08 bits per heavy atom. The second kappa shape index (κ2) is 7.11. The number of carbonyl (C=O) groups is 2. The van der Waals surface area contributed by atoms with Crippen molar-refractivity contribution in [2.45, 2.75) is 5.92 Å². The molecule has 0 saturated heterocycles. The van der Waals surface area contributed by atoms with Crippen molar-refractivity contribution >= 4 is 17.6 Å². The van der Waals surface area contributed by atoms with Crippen LogP contribution in [-0.4, -0.2) is 40.2 Å². The molecule has 0 atom stereocenters. The van der Waals surface area contributed by atoms with Gasteiger partial charge in [0, 0.05) is 36.1 Å². The number of nitro benzene ring substituents is 1. The molecule has 0 aliphatic carbocycles. The van der Waals surface area contributed by atoms with Gasteiger partial charge in [-0.25, -0.2) is 9.59 Å². The molecule has 1 aliphatic rings. The van der Waals surface area contributed by atoms with Crippen LogP contribution in [0.4, 0.5) is 5.69 Å². The number of nitrogens with two attached hydrogens (primary N) is 2. The first kappa shape index (κ1) is 18.1. The molecule has 0 saturated carbocycles. The van der Waals surface area contributed by atoms with Gasteiger partial charge in [-0.3, -0.25) is 10.1 Å². The zero-order valence-electron chi connectivity index (χ0n) is 12.9. The fourth-order valence-electron chi connectivity index (χ4n) is 2.85. The summed E-state index contributed by atoms with van der Waals surface area (Å²) in [7, 11) is 0. The molecule has 0 aromatic heterocycles. The number of nitrogens with one attached hydrogen (secondary N) is 1. The van der Waals surface area contributed by atoms with Crippen molar-refractivity contribution in [2.75, 3.05) is 13.1 Å². The zero-order valence-corrected chi connectivity index (χ0v) is 12.9. The molecular formula is C15H16N4O6. The largest absolute Gasteiger partial charge is 0.478 e. The molecule has 7 N–H and O–H groups in total. The molecule has 0 amide bonds. The standard InChI is InChI=1S/C15H16N4O6/c16-5-8-12(14(20)21)11(13(15(22)23)9(6-17)18-8)7-3-1-2-4-10(7)19(24)25/h1-4,11,18H,5-6,16-17H2,(H,20,21)(H,22,23). The summed E-state index contributed by atoms with van der Waals surface area (Å²) >= 11 is 0. The van der Waals surface area contributed by atoms with Crippen LogP contribution in [-0.2, 0) is 9.59 Å². The van der Waals surface area contributed by atoms with Crippen molar-refractivity contribution in [1.82, 2.24) is 5.32 Å². The van der Waals surface area contributed by atoms with Gasteiger partial charge in [0.1, 0.15) is 0 Å². The van der Waals surface area contributed by atoms with Gasteiger partial charge in [0.25, 0.3) is 5.69 Å². The lowest BCUT2D eigenvalue weighted by Gasteiger charge is -2.30. The van der Waals surface area contributed by atoms with E-state index < -0.39 is 22.8 Å². The predicted octanol–water partition coefficient (Wildman–Crippen LogP) is -0.124. The number of hydrogen-bond donors (Lipinski definition) is 5. The van der Waals surface area contributed by atoms with Gasteiger partial charge in [0.2, 0.25) is 0 Å². The molecule has 0 fully saturated rings. The molecule has 2 rings (SSSR count). The van der Waals surface area contributed by atoms with E-state index in [1.807, 2.05) is 0 Å². The average molecular weight is 348 g/mol. The Hall–Kier alpha value is -3.24. The maximum Gasteiger partial charge on any atom is 0.334 e. The van der Waals surface area contributed by atoms with Gasteiger partial charge in [-0.2, -0.15) is 0 Å². The minimum absolute atomic E-state index is 0.0549. The number of carboxylic acids is 2. The summed E-state index contributed by atoms with van der Waals surface area (Å²) in [6.45, 7) is -0.454. The van der Waals surface area contributed by atoms with E-state index in [-0.39, 0.29) is 46.9 Å². The second-order valence-electron chi connectivity index (χ2n) is 5.18. The molecule has 0 spiro atoms. The lowest BCUT2D eigenvalue weighted by Crippen LogP contribution is -2.37. The predicted molar refractivity (Wildman–Crippen MR) is 86.4 cm³/mol. The third-order valence-corrected chi connectivity index (χ3v) is 3.84. The van der Waals surface area contributed by atoms with Crippen molar-refractivity contribution in [3.05, 3.63) is 62.5 Å². The maximum absolute atomic E-state index is 11.8. The van der Waals surface area contributed by atoms with Crippen LogP contribution in [0.15, 0.2) is 46.8 Å². The summed E-state index contributed by atoms with van der Waals surface area (Å²) in [5, 5.41) is 33.2. The number of nitro groups is 1. The summed E-state index contributed by atoms with van der Waals surface area (Å²) in [6, 6.07) is 5.38. The van der Waals surface area contributed by atoms with Crippen LogP contribution in [0, 0.1) is 10.1 Å². The SMILES string of the molecule is NCC1=C(C(=O)O)C(c2ccccc2[N+](=O)[O-])C(C(=O)O)=C(CN)N1. The van der Waals surface area contributed by atoms with Crippen molar-refractivity contribution in [2.24, 2.45) is 11.5 Å². The van der Waals surface area contributed by atoms with E-state index in [0.29, 0.717) is 0 Å².